The van der Waals surface area contributed by atoms with E-state index >= 15 is 0 Å². The predicted octanol–water partition coefficient (Wildman–Crippen LogP) is 0.308. The molecule has 7 nitrogen and oxygen atoms in total. The van der Waals surface area contributed by atoms with Crippen molar-refractivity contribution in [3.63, 3.8) is 0 Å². The first-order chi connectivity index (χ1) is 10.3. The molecule has 1 rings (SSSR count). The molecule has 0 heterocycles. The fourth-order valence-electron chi connectivity index (χ4n) is 2.19. The maximum absolute atomic E-state index is 11.9. The molecule has 1 aliphatic rings. The molecule has 3 atom stereocenters. The molecule has 1 aliphatic carbocycles. The number of carbonyl (C=O) groups is 4. The zero-order valence-electron chi connectivity index (χ0n) is 13.1. The number of rotatable bonds is 7. The Labute approximate surface area is 133 Å². The van der Waals surface area contributed by atoms with Crippen LogP contribution in [-0.2, 0) is 28.7 Å². The number of methoxy groups -OCH3 is 1. The van der Waals surface area contributed by atoms with Gasteiger partial charge in [-0.05, 0) is 13.8 Å². The van der Waals surface area contributed by atoms with Crippen LogP contribution in [-0.4, -0.2) is 53.9 Å². The summed E-state index contributed by atoms with van der Waals surface area (Å²) in [5.74, 6) is -1.83. The first kappa shape index (κ1) is 18.5. The van der Waals surface area contributed by atoms with Crippen molar-refractivity contribution in [2.75, 3.05) is 19.5 Å². The highest BCUT2D eigenvalue weighted by Crippen LogP contribution is 2.46. The predicted molar refractivity (Wildman–Crippen MR) is 80.2 cm³/mol. The molecular formula is C14H21NO6S. The van der Waals surface area contributed by atoms with Crippen molar-refractivity contribution >= 4 is 35.4 Å². The Bertz CT molecular complexity index is 480. The van der Waals surface area contributed by atoms with Crippen LogP contribution in [0.4, 0.5) is 0 Å². The maximum Gasteiger partial charge on any atom is 0.329 e. The van der Waals surface area contributed by atoms with Gasteiger partial charge in [0.05, 0.1) is 24.4 Å². The normalized spacial score (nSPS) is 24.9. The van der Waals surface area contributed by atoms with Gasteiger partial charge in [0.25, 0.3) is 0 Å². The van der Waals surface area contributed by atoms with Gasteiger partial charge in [0.2, 0.25) is 5.91 Å². The summed E-state index contributed by atoms with van der Waals surface area (Å²) < 4.78 is 8.66. The Balaban J connectivity index is 2.73. The Kier molecular flexibility index (Phi) is 6.40. The van der Waals surface area contributed by atoms with E-state index in [0.29, 0.717) is 0 Å². The van der Waals surface area contributed by atoms with Gasteiger partial charge >= 0.3 is 11.9 Å². The number of Topliss-reactive ketones (excluding diaryl/α,β-unsaturated/α-hetero) is 1. The van der Waals surface area contributed by atoms with Crippen LogP contribution in [0.25, 0.3) is 0 Å². The van der Waals surface area contributed by atoms with E-state index in [4.69, 9.17) is 4.74 Å². The summed E-state index contributed by atoms with van der Waals surface area (Å²) in [7, 11) is 1.22. The van der Waals surface area contributed by atoms with E-state index in [1.807, 2.05) is 0 Å². The van der Waals surface area contributed by atoms with Crippen molar-refractivity contribution < 1.29 is 28.7 Å². The molecule has 0 aromatic carbocycles. The van der Waals surface area contributed by atoms with E-state index < -0.39 is 28.6 Å². The van der Waals surface area contributed by atoms with Crippen molar-refractivity contribution in [1.82, 2.24) is 5.32 Å². The molecule has 8 heteroatoms. The van der Waals surface area contributed by atoms with E-state index in [1.54, 1.807) is 13.8 Å². The summed E-state index contributed by atoms with van der Waals surface area (Å²) in [6.45, 7) is 4.90. The van der Waals surface area contributed by atoms with Gasteiger partial charge in [-0.1, -0.05) is 0 Å². The van der Waals surface area contributed by atoms with Crippen LogP contribution in [0.1, 0.15) is 27.2 Å². The lowest BCUT2D eigenvalue weighted by atomic mass is 9.72. The van der Waals surface area contributed by atoms with Crippen LogP contribution in [0, 0.1) is 5.92 Å². The Morgan fingerprint density at radius 2 is 2.09 bits per heavy atom. The number of thioether (sulfide) groups is 1. The molecule has 0 spiro atoms. The fraction of sp³-hybridized carbons (Fsp3) is 0.714. The van der Waals surface area contributed by atoms with Crippen molar-refractivity contribution in [1.29, 1.82) is 0 Å². The number of nitrogens with one attached hydrogen (secondary N) is 1. The minimum absolute atomic E-state index is 0.0676. The lowest BCUT2D eigenvalue weighted by Gasteiger charge is -2.43. The summed E-state index contributed by atoms with van der Waals surface area (Å²) in [6, 6.07) is -0.861. The van der Waals surface area contributed by atoms with Crippen LogP contribution in [0.5, 0.6) is 0 Å². The Morgan fingerprint density at radius 1 is 1.45 bits per heavy atom. The van der Waals surface area contributed by atoms with Gasteiger partial charge in [-0.2, -0.15) is 0 Å². The zero-order chi connectivity index (χ0) is 16.9. The van der Waals surface area contributed by atoms with Gasteiger partial charge in [0, 0.05) is 19.1 Å². The minimum Gasteiger partial charge on any atom is -0.467 e. The summed E-state index contributed by atoms with van der Waals surface area (Å²) in [4.78, 5) is 46.5. The Morgan fingerprint density at radius 3 is 2.55 bits per heavy atom. The van der Waals surface area contributed by atoms with Crippen LogP contribution in [0.2, 0.25) is 0 Å². The Hall–Kier alpha value is -1.57. The van der Waals surface area contributed by atoms with Crippen LogP contribution in [0.15, 0.2) is 0 Å². The molecule has 0 aliphatic heterocycles. The van der Waals surface area contributed by atoms with E-state index in [9.17, 15) is 19.2 Å². The molecule has 0 bridgehead atoms. The van der Waals surface area contributed by atoms with Crippen molar-refractivity contribution in [3.8, 4) is 0 Å². The van der Waals surface area contributed by atoms with Gasteiger partial charge in [0.15, 0.2) is 0 Å². The molecule has 1 saturated carbocycles. The van der Waals surface area contributed by atoms with Crippen LogP contribution in [0.3, 0.4) is 0 Å². The fourth-order valence-corrected chi connectivity index (χ4v) is 3.55. The number of ketones is 1. The second-order valence-corrected chi connectivity index (χ2v) is 6.60. The smallest absolute Gasteiger partial charge is 0.329 e. The standard InChI is InChI=1S/C14H21NO6S/c1-5-21-12(18)9-6-11(17)14(9,3)22-7-10(13(19)20-4)15-8(2)16/h9-10H,5-7H2,1-4H3,(H,15,16)/t9?,10-,14?/m0/s1. The molecular weight excluding hydrogens is 310 g/mol. The molecule has 0 aromatic rings. The van der Waals surface area contributed by atoms with Gasteiger partial charge in [-0.3, -0.25) is 14.4 Å². The highest BCUT2D eigenvalue weighted by molar-refractivity contribution is 8.01. The monoisotopic (exact) mass is 331 g/mol. The SMILES string of the molecule is CCOC(=O)C1CC(=O)C1(C)SC[C@H](NC(C)=O)C(=O)OC. The second-order valence-electron chi connectivity index (χ2n) is 5.13. The number of ether oxygens (including phenoxy) is 2. The highest BCUT2D eigenvalue weighted by atomic mass is 32.2. The summed E-state index contributed by atoms with van der Waals surface area (Å²) in [5.41, 5.74) is 0. The third kappa shape index (κ3) is 4.00. The molecule has 1 amide bonds. The van der Waals surface area contributed by atoms with Gasteiger partial charge < -0.3 is 14.8 Å². The molecule has 22 heavy (non-hydrogen) atoms. The number of hydrogen-bond acceptors (Lipinski definition) is 7. The van der Waals surface area contributed by atoms with Gasteiger partial charge in [-0.15, -0.1) is 11.8 Å². The molecule has 124 valence electrons. The number of carbonyl (C=O) groups excluding carboxylic acids is 4. The summed E-state index contributed by atoms with van der Waals surface area (Å²) in [6.07, 6.45) is 0.144. The lowest BCUT2D eigenvalue weighted by molar-refractivity contribution is -0.157. The van der Waals surface area contributed by atoms with E-state index in [1.165, 1.54) is 14.0 Å². The summed E-state index contributed by atoms with van der Waals surface area (Å²) in [5, 5.41) is 2.47. The second kappa shape index (κ2) is 7.62. The average Bonchev–Trinajstić information content (AvgIpc) is 2.47. The number of hydrogen-bond donors (Lipinski definition) is 1. The topological polar surface area (TPSA) is 98.8 Å². The highest BCUT2D eigenvalue weighted by Gasteiger charge is 2.56. The third-order valence-electron chi connectivity index (χ3n) is 3.59. The van der Waals surface area contributed by atoms with Gasteiger partial charge in [-0.25, -0.2) is 4.79 Å². The van der Waals surface area contributed by atoms with Crippen molar-refractivity contribution in [3.05, 3.63) is 0 Å². The van der Waals surface area contributed by atoms with Crippen LogP contribution >= 0.6 is 11.8 Å². The molecule has 2 unspecified atom stereocenters. The molecule has 1 N–H and O–H groups in total. The first-order valence-corrected chi connectivity index (χ1v) is 7.93. The van der Waals surface area contributed by atoms with E-state index in [-0.39, 0.29) is 30.5 Å². The third-order valence-corrected chi connectivity index (χ3v) is 5.20. The lowest BCUT2D eigenvalue weighted by Crippen LogP contribution is -2.56. The minimum atomic E-state index is -0.934. The zero-order valence-corrected chi connectivity index (χ0v) is 14.0. The number of amides is 1. The van der Waals surface area contributed by atoms with E-state index in [0.717, 1.165) is 11.8 Å². The molecule has 0 saturated heterocycles. The summed E-state index contributed by atoms with van der Waals surface area (Å²) >= 11 is 1.16. The van der Waals surface area contributed by atoms with Crippen LogP contribution < -0.4 is 5.32 Å². The first-order valence-electron chi connectivity index (χ1n) is 6.95. The van der Waals surface area contributed by atoms with E-state index in [2.05, 4.69) is 10.1 Å². The molecule has 0 radical (unpaired) electrons. The molecule has 0 aromatic heterocycles. The molecule has 1 fully saturated rings. The average molecular weight is 331 g/mol. The quantitative estimate of drug-likeness (QED) is 0.670. The van der Waals surface area contributed by atoms with Gasteiger partial charge in [0.1, 0.15) is 11.8 Å². The largest absolute Gasteiger partial charge is 0.467 e. The number of esters is 2. The van der Waals surface area contributed by atoms with Crippen molar-refractivity contribution in [2.45, 2.75) is 38.0 Å². The maximum atomic E-state index is 11.9. The van der Waals surface area contributed by atoms with Crippen molar-refractivity contribution in [2.24, 2.45) is 5.92 Å².